The molecule has 0 atom stereocenters. The Balaban J connectivity index is 0.000000597. The molecule has 0 fully saturated rings. The van der Waals surface area contributed by atoms with E-state index in [1.165, 1.54) is 58.7 Å². The summed E-state index contributed by atoms with van der Waals surface area (Å²) in [6, 6.07) is 66.9. The Morgan fingerprint density at radius 1 is 0.134 bits per heavy atom. The second-order valence-corrected chi connectivity index (χ2v) is 22.9. The Morgan fingerprint density at radius 3 is 0.446 bits per heavy atom. The largest absolute Gasteiger partial charge is 0.265 e. The van der Waals surface area contributed by atoms with E-state index in [2.05, 4.69) is 148 Å². The first-order valence-corrected chi connectivity index (χ1v) is 35.4. The Labute approximate surface area is 663 Å². The SMILES string of the molecule is Cc1ccccc1.Cc1ccccc1.Cc1ccccn1.Cc1ccccn1.Cc1ccccn1.Cc1ccccn1.Cc1cccnc1.Cc1cccnc1.Cc1ccncc1.Cc1ccncc1.Cc1ncccn1.Cc1ncccn1.Cc1ncccn1.Cc1ncccn1.Cc1ncncn1.Cc1ncncn1. The molecule has 0 aliphatic rings. The predicted octanol–water partition coefficient (Wildman–Crippen LogP) is 18.6. The highest BCUT2D eigenvalue weighted by Crippen LogP contribution is 1.96. The van der Waals surface area contributed by atoms with E-state index in [0.29, 0.717) is 0 Å². The highest BCUT2D eigenvalue weighted by atomic mass is 15.0. The molecule has 0 saturated heterocycles. The molecule has 0 aliphatic heterocycles. The lowest BCUT2D eigenvalue weighted by molar-refractivity contribution is 0.973. The molecule has 14 aromatic heterocycles. The minimum absolute atomic E-state index is 0.759. The van der Waals surface area contributed by atoms with Gasteiger partial charge in [0.15, 0.2) is 0 Å². The van der Waals surface area contributed by atoms with Gasteiger partial charge in [-0.05, 0) is 242 Å². The molecule has 16 aromatic rings. The average Bonchev–Trinajstić information content (AvgIpc) is 3.83. The van der Waals surface area contributed by atoms with Gasteiger partial charge >= 0.3 is 0 Å². The molecule has 112 heavy (non-hydrogen) atoms. The van der Waals surface area contributed by atoms with Crippen molar-refractivity contribution in [3.63, 3.8) is 0 Å². The van der Waals surface area contributed by atoms with Crippen LogP contribution < -0.4 is 0 Å². The second-order valence-electron chi connectivity index (χ2n) is 22.9. The molecular formula is C90H106N22. The molecule has 0 amide bonds. The third kappa shape index (κ3) is 66.6. The van der Waals surface area contributed by atoms with Gasteiger partial charge in [0.2, 0.25) is 0 Å². The van der Waals surface area contributed by atoms with Crippen LogP contribution in [-0.4, -0.2) is 110 Å². The maximum atomic E-state index is 3.98. The van der Waals surface area contributed by atoms with E-state index < -0.39 is 0 Å². The van der Waals surface area contributed by atoms with Gasteiger partial charge in [0, 0.05) is 147 Å². The zero-order chi connectivity index (χ0) is 81.8. The van der Waals surface area contributed by atoms with Crippen LogP contribution >= 0.6 is 0 Å². The van der Waals surface area contributed by atoms with Crippen molar-refractivity contribution >= 4 is 0 Å². The third-order valence-corrected chi connectivity index (χ3v) is 12.5. The van der Waals surface area contributed by atoms with Crippen LogP contribution in [0.25, 0.3) is 0 Å². The van der Waals surface area contributed by atoms with Crippen molar-refractivity contribution in [1.29, 1.82) is 0 Å². The smallest absolute Gasteiger partial charge is 0.128 e. The quantitative estimate of drug-likeness (QED) is 0.136. The van der Waals surface area contributed by atoms with Gasteiger partial charge in [0.25, 0.3) is 0 Å². The van der Waals surface area contributed by atoms with Crippen LogP contribution in [0.4, 0.5) is 0 Å². The Kier molecular flexibility index (Phi) is 58.9. The van der Waals surface area contributed by atoms with Crippen molar-refractivity contribution in [3.05, 3.63) is 447 Å². The zero-order valence-corrected chi connectivity index (χ0v) is 67.3. The summed E-state index contributed by atoms with van der Waals surface area (Å²) < 4.78 is 0. The zero-order valence-electron chi connectivity index (χ0n) is 67.3. The van der Waals surface area contributed by atoms with Crippen molar-refractivity contribution in [1.82, 2.24) is 110 Å². The first-order chi connectivity index (χ1) is 54.3. The van der Waals surface area contributed by atoms with Gasteiger partial charge in [-0.25, -0.2) is 69.8 Å². The van der Waals surface area contributed by atoms with Gasteiger partial charge in [-0.2, -0.15) is 0 Å². The standard InChI is InChI=1S/2C7H8.8C6H7N.4C5H6N2.2C4H5N3/c2*1-7-5-3-2-4-6-7;2*1-6-2-4-7-5-3-6;2*1-6-3-2-4-7-5-6;4*1-6-4-2-3-5-7-6;4*1-5-6-3-2-4-7-5;2*1-4-6-2-5-3-7-4/h2*2-6H,1H3;8*2-5H,1H3;4*2-4H,1H3;2*2-3H,1H3. The summed E-state index contributed by atoms with van der Waals surface area (Å²) in [6.07, 6.45) is 41.2. The van der Waals surface area contributed by atoms with Gasteiger partial charge in [-0.15, -0.1) is 0 Å². The fraction of sp³-hybridized carbons (Fsp3) is 0.178. The van der Waals surface area contributed by atoms with Crippen molar-refractivity contribution < 1.29 is 0 Å². The van der Waals surface area contributed by atoms with E-state index in [0.717, 1.165) is 57.7 Å². The molecule has 14 heterocycles. The van der Waals surface area contributed by atoms with E-state index in [9.17, 15) is 0 Å². The summed E-state index contributed by atoms with van der Waals surface area (Å²) in [4.78, 5) is 84.6. The van der Waals surface area contributed by atoms with Crippen molar-refractivity contribution in [3.8, 4) is 0 Å². The Morgan fingerprint density at radius 2 is 0.339 bits per heavy atom. The normalized spacial score (nSPS) is 8.71. The van der Waals surface area contributed by atoms with Crippen molar-refractivity contribution in [2.75, 3.05) is 0 Å². The highest BCUT2D eigenvalue weighted by Gasteiger charge is 1.83. The van der Waals surface area contributed by atoms with Gasteiger partial charge in [-0.3, -0.25) is 39.9 Å². The lowest BCUT2D eigenvalue weighted by atomic mass is 10.2. The lowest BCUT2D eigenvalue weighted by Gasteiger charge is -1.82. The molecule has 0 unspecified atom stereocenters. The first-order valence-electron chi connectivity index (χ1n) is 35.4. The molecule has 0 spiro atoms. The van der Waals surface area contributed by atoms with Crippen molar-refractivity contribution in [2.45, 2.75) is 111 Å². The predicted molar refractivity (Wildman–Crippen MR) is 450 cm³/mol. The third-order valence-electron chi connectivity index (χ3n) is 12.5. The molecule has 0 radical (unpaired) electrons. The number of aryl methyl sites for hydroxylation is 16. The topological polar surface area (TPSA) is 284 Å². The van der Waals surface area contributed by atoms with E-state index in [4.69, 9.17) is 0 Å². The van der Waals surface area contributed by atoms with Crippen LogP contribution in [0.2, 0.25) is 0 Å². The van der Waals surface area contributed by atoms with E-state index in [1.807, 2.05) is 267 Å². The number of hydrogen-bond acceptors (Lipinski definition) is 22. The molecule has 0 saturated carbocycles. The fourth-order valence-electron chi connectivity index (χ4n) is 6.70. The van der Waals surface area contributed by atoms with E-state index in [1.54, 1.807) is 136 Å². The number of aromatic nitrogens is 22. The Bertz CT molecular complexity index is 3360. The van der Waals surface area contributed by atoms with E-state index >= 15 is 0 Å². The van der Waals surface area contributed by atoms with Crippen LogP contribution in [-0.2, 0) is 0 Å². The molecular weight excluding hydrogens is 1390 g/mol. The number of rotatable bonds is 0. The molecule has 576 valence electrons. The molecule has 0 bridgehead atoms. The molecule has 16 rings (SSSR count). The second kappa shape index (κ2) is 68.8. The summed E-state index contributed by atoms with van der Waals surface area (Å²) >= 11 is 0. The summed E-state index contributed by atoms with van der Waals surface area (Å²) in [5.74, 6) is 4.81. The highest BCUT2D eigenvalue weighted by molar-refractivity contribution is 5.13. The van der Waals surface area contributed by atoms with Gasteiger partial charge in [-0.1, -0.05) is 108 Å². The summed E-state index contributed by atoms with van der Waals surface area (Å²) in [7, 11) is 0. The fourth-order valence-corrected chi connectivity index (χ4v) is 6.70. The number of pyridine rings is 8. The van der Waals surface area contributed by atoms with Crippen molar-refractivity contribution in [2.24, 2.45) is 0 Å². The van der Waals surface area contributed by atoms with Crippen LogP contribution in [0, 0.1) is 111 Å². The minimum Gasteiger partial charge on any atom is -0.265 e. The van der Waals surface area contributed by atoms with Crippen LogP contribution in [0.5, 0.6) is 0 Å². The number of hydrogen-bond donors (Lipinski definition) is 0. The molecule has 0 N–H and O–H groups in total. The first kappa shape index (κ1) is 96.0. The summed E-state index contributed by atoms with van der Waals surface area (Å²) in [6.45, 7) is 31.3. The van der Waals surface area contributed by atoms with Gasteiger partial charge < -0.3 is 0 Å². The monoisotopic (exact) mass is 1490 g/mol. The molecule has 2 aromatic carbocycles. The molecule has 22 nitrogen and oxygen atoms in total. The van der Waals surface area contributed by atoms with Crippen LogP contribution in [0.15, 0.2) is 356 Å². The lowest BCUT2D eigenvalue weighted by Crippen LogP contribution is -1.84. The van der Waals surface area contributed by atoms with Crippen LogP contribution in [0.1, 0.15) is 91.1 Å². The maximum Gasteiger partial charge on any atom is 0.128 e. The summed E-state index contributed by atoms with van der Waals surface area (Å²) in [5, 5.41) is 0. The maximum absolute atomic E-state index is 3.98. The average molecular weight is 1500 g/mol. The number of nitrogens with zero attached hydrogens (tertiary/aromatic N) is 22. The van der Waals surface area contributed by atoms with Gasteiger partial charge in [0.1, 0.15) is 60.3 Å². The van der Waals surface area contributed by atoms with E-state index in [-0.39, 0.29) is 0 Å². The number of benzene rings is 2. The molecule has 22 heteroatoms. The minimum atomic E-state index is 0.759. The molecule has 0 aliphatic carbocycles. The Hall–Kier alpha value is -14.0. The van der Waals surface area contributed by atoms with Crippen LogP contribution in [0.3, 0.4) is 0 Å². The summed E-state index contributed by atoms with van der Waals surface area (Å²) in [5.41, 5.74) is 11.9. The van der Waals surface area contributed by atoms with Gasteiger partial charge in [0.05, 0.1) is 0 Å².